The number of hydrogen-bond acceptors (Lipinski definition) is 5. The van der Waals surface area contributed by atoms with E-state index >= 15 is 0 Å². The van der Waals surface area contributed by atoms with Crippen LogP contribution in [-0.4, -0.2) is 49.6 Å². The molecular formula is C24H30N2O5. The number of rotatable bonds is 9. The van der Waals surface area contributed by atoms with Crippen LogP contribution in [0.5, 0.6) is 17.2 Å². The SMILES string of the molecule is CCNC(=O)[C@@H](C)N(Cc1ccc(OC)cc1)C(=O)CCc1ccc2c(c1)OCCO2. The van der Waals surface area contributed by atoms with Gasteiger partial charge in [-0.2, -0.15) is 0 Å². The van der Waals surface area contributed by atoms with Crippen molar-refractivity contribution in [2.75, 3.05) is 26.9 Å². The van der Waals surface area contributed by atoms with Crippen LogP contribution in [0, 0.1) is 0 Å². The molecule has 0 saturated heterocycles. The maximum atomic E-state index is 13.1. The minimum Gasteiger partial charge on any atom is -0.497 e. The van der Waals surface area contributed by atoms with Crippen molar-refractivity contribution in [2.24, 2.45) is 0 Å². The van der Waals surface area contributed by atoms with Crippen molar-refractivity contribution in [3.8, 4) is 17.2 Å². The predicted octanol–water partition coefficient (Wildman–Crippen LogP) is 2.95. The van der Waals surface area contributed by atoms with E-state index in [0.717, 1.165) is 22.6 Å². The first kappa shape index (κ1) is 22.5. The van der Waals surface area contributed by atoms with Crippen molar-refractivity contribution in [2.45, 2.75) is 39.3 Å². The molecule has 1 atom stereocenters. The van der Waals surface area contributed by atoms with Crippen molar-refractivity contribution < 1.29 is 23.8 Å². The predicted molar refractivity (Wildman–Crippen MR) is 117 cm³/mol. The van der Waals surface area contributed by atoms with Gasteiger partial charge < -0.3 is 24.4 Å². The summed E-state index contributed by atoms with van der Waals surface area (Å²) in [5, 5.41) is 2.81. The quantitative estimate of drug-likeness (QED) is 0.667. The summed E-state index contributed by atoms with van der Waals surface area (Å²) in [4.78, 5) is 27.2. The Morgan fingerprint density at radius 2 is 1.74 bits per heavy atom. The molecule has 0 aliphatic carbocycles. The molecule has 7 nitrogen and oxygen atoms in total. The first-order valence-electron chi connectivity index (χ1n) is 10.6. The summed E-state index contributed by atoms with van der Waals surface area (Å²) in [6.45, 7) is 5.56. The summed E-state index contributed by atoms with van der Waals surface area (Å²) in [5.74, 6) is 1.94. The average molecular weight is 427 g/mol. The lowest BCUT2D eigenvalue weighted by atomic mass is 10.1. The molecule has 7 heteroatoms. The highest BCUT2D eigenvalue weighted by molar-refractivity contribution is 5.87. The van der Waals surface area contributed by atoms with Crippen LogP contribution in [-0.2, 0) is 22.6 Å². The Hall–Kier alpha value is -3.22. The molecular weight excluding hydrogens is 396 g/mol. The number of benzene rings is 2. The number of hydrogen-bond donors (Lipinski definition) is 1. The maximum Gasteiger partial charge on any atom is 0.242 e. The zero-order chi connectivity index (χ0) is 22.2. The Morgan fingerprint density at radius 1 is 1.06 bits per heavy atom. The van der Waals surface area contributed by atoms with Crippen molar-refractivity contribution in [3.63, 3.8) is 0 Å². The minimum atomic E-state index is -0.574. The number of nitrogens with one attached hydrogen (secondary N) is 1. The fourth-order valence-corrected chi connectivity index (χ4v) is 3.47. The summed E-state index contributed by atoms with van der Waals surface area (Å²) in [5.41, 5.74) is 1.93. The van der Waals surface area contributed by atoms with E-state index in [0.29, 0.717) is 44.9 Å². The smallest absolute Gasteiger partial charge is 0.242 e. The van der Waals surface area contributed by atoms with Crippen LogP contribution in [0.4, 0.5) is 0 Å². The molecule has 2 aromatic rings. The lowest BCUT2D eigenvalue weighted by molar-refractivity contribution is -0.140. The summed E-state index contributed by atoms with van der Waals surface area (Å²) in [7, 11) is 1.61. The van der Waals surface area contributed by atoms with Crippen LogP contribution in [0.1, 0.15) is 31.4 Å². The third-order valence-corrected chi connectivity index (χ3v) is 5.26. The third-order valence-electron chi connectivity index (χ3n) is 5.26. The van der Waals surface area contributed by atoms with E-state index in [-0.39, 0.29) is 11.8 Å². The number of aryl methyl sites for hydroxylation is 1. The topological polar surface area (TPSA) is 77.1 Å². The number of carbonyl (C=O) groups excluding carboxylic acids is 2. The van der Waals surface area contributed by atoms with Gasteiger partial charge in [0.25, 0.3) is 0 Å². The van der Waals surface area contributed by atoms with Crippen LogP contribution < -0.4 is 19.5 Å². The number of likely N-dealkylation sites (N-methyl/N-ethyl adjacent to an activating group) is 1. The van der Waals surface area contributed by atoms with E-state index in [1.165, 1.54) is 0 Å². The van der Waals surface area contributed by atoms with Crippen LogP contribution >= 0.6 is 0 Å². The molecule has 0 radical (unpaired) electrons. The van der Waals surface area contributed by atoms with Crippen molar-refractivity contribution in [3.05, 3.63) is 53.6 Å². The fraction of sp³-hybridized carbons (Fsp3) is 0.417. The molecule has 0 spiro atoms. The Morgan fingerprint density at radius 3 is 2.42 bits per heavy atom. The van der Waals surface area contributed by atoms with Gasteiger partial charge in [-0.1, -0.05) is 18.2 Å². The molecule has 1 aliphatic heterocycles. The number of methoxy groups -OCH3 is 1. The molecule has 0 aromatic heterocycles. The van der Waals surface area contributed by atoms with E-state index < -0.39 is 6.04 Å². The zero-order valence-corrected chi connectivity index (χ0v) is 18.3. The second kappa shape index (κ2) is 10.7. The van der Waals surface area contributed by atoms with Gasteiger partial charge >= 0.3 is 0 Å². The molecule has 0 bridgehead atoms. The van der Waals surface area contributed by atoms with Gasteiger partial charge in [-0.15, -0.1) is 0 Å². The maximum absolute atomic E-state index is 13.1. The molecule has 2 aromatic carbocycles. The van der Waals surface area contributed by atoms with E-state index in [9.17, 15) is 9.59 Å². The van der Waals surface area contributed by atoms with E-state index in [2.05, 4.69) is 5.32 Å². The molecule has 0 saturated carbocycles. The van der Waals surface area contributed by atoms with Gasteiger partial charge in [-0.25, -0.2) is 0 Å². The van der Waals surface area contributed by atoms with Gasteiger partial charge in [0.1, 0.15) is 25.0 Å². The molecule has 0 unspecified atom stereocenters. The fourth-order valence-electron chi connectivity index (χ4n) is 3.47. The highest BCUT2D eigenvalue weighted by Crippen LogP contribution is 2.31. The number of amides is 2. The molecule has 2 amide bonds. The van der Waals surface area contributed by atoms with E-state index in [1.54, 1.807) is 18.9 Å². The zero-order valence-electron chi connectivity index (χ0n) is 18.3. The second-order valence-corrected chi connectivity index (χ2v) is 7.42. The van der Waals surface area contributed by atoms with E-state index in [1.807, 2.05) is 49.4 Å². The average Bonchev–Trinajstić information content (AvgIpc) is 2.81. The second-order valence-electron chi connectivity index (χ2n) is 7.42. The first-order chi connectivity index (χ1) is 15.0. The Kier molecular flexibility index (Phi) is 7.76. The van der Waals surface area contributed by atoms with Crippen molar-refractivity contribution >= 4 is 11.8 Å². The van der Waals surface area contributed by atoms with Gasteiger partial charge in [0, 0.05) is 19.5 Å². The molecule has 3 rings (SSSR count). The van der Waals surface area contributed by atoms with Crippen molar-refractivity contribution in [1.82, 2.24) is 10.2 Å². The van der Waals surface area contributed by atoms with Gasteiger partial charge in [0.15, 0.2) is 11.5 Å². The van der Waals surface area contributed by atoms with Crippen molar-refractivity contribution in [1.29, 1.82) is 0 Å². The van der Waals surface area contributed by atoms with Crippen LogP contribution in [0.25, 0.3) is 0 Å². The molecule has 1 heterocycles. The number of nitrogens with zero attached hydrogens (tertiary/aromatic N) is 1. The lowest BCUT2D eigenvalue weighted by Crippen LogP contribution is -2.47. The largest absolute Gasteiger partial charge is 0.497 e. The number of ether oxygens (including phenoxy) is 3. The van der Waals surface area contributed by atoms with Gasteiger partial charge in [0.2, 0.25) is 11.8 Å². The highest BCUT2D eigenvalue weighted by atomic mass is 16.6. The Bertz CT molecular complexity index is 897. The summed E-state index contributed by atoms with van der Waals surface area (Å²) in [6, 6.07) is 12.7. The van der Waals surface area contributed by atoms with Gasteiger partial charge in [-0.3, -0.25) is 9.59 Å². The lowest BCUT2D eigenvalue weighted by Gasteiger charge is -2.29. The van der Waals surface area contributed by atoms with Crippen LogP contribution in [0.3, 0.4) is 0 Å². The standard InChI is InChI=1S/C24H30N2O5/c1-4-25-24(28)17(2)26(16-19-5-9-20(29-3)10-6-19)23(27)12-8-18-7-11-21-22(15-18)31-14-13-30-21/h5-7,9-11,15,17H,4,8,12-14,16H2,1-3H3,(H,25,28)/t17-/m1/s1. The van der Waals surface area contributed by atoms with Gasteiger partial charge in [0.05, 0.1) is 7.11 Å². The summed E-state index contributed by atoms with van der Waals surface area (Å²) in [6.07, 6.45) is 0.843. The molecule has 1 N–H and O–H groups in total. The number of fused-ring (bicyclic) bond motifs is 1. The van der Waals surface area contributed by atoms with Crippen LogP contribution in [0.2, 0.25) is 0 Å². The first-order valence-corrected chi connectivity index (χ1v) is 10.6. The van der Waals surface area contributed by atoms with Crippen LogP contribution in [0.15, 0.2) is 42.5 Å². The third kappa shape index (κ3) is 5.90. The summed E-state index contributed by atoms with van der Waals surface area (Å²) < 4.78 is 16.4. The Balaban J connectivity index is 1.70. The monoisotopic (exact) mass is 426 g/mol. The molecule has 1 aliphatic rings. The van der Waals surface area contributed by atoms with E-state index in [4.69, 9.17) is 14.2 Å². The molecule has 0 fully saturated rings. The molecule has 166 valence electrons. The number of carbonyl (C=O) groups is 2. The van der Waals surface area contributed by atoms with Gasteiger partial charge in [-0.05, 0) is 55.7 Å². The Labute approximate surface area is 183 Å². The molecule has 31 heavy (non-hydrogen) atoms. The summed E-state index contributed by atoms with van der Waals surface area (Å²) >= 11 is 0. The highest BCUT2D eigenvalue weighted by Gasteiger charge is 2.25. The normalized spacial score (nSPS) is 13.3. The minimum absolute atomic E-state index is 0.0792.